The Morgan fingerprint density at radius 2 is 1.61 bits per heavy atom. The van der Waals surface area contributed by atoms with Gasteiger partial charge >= 0.3 is 0 Å². The van der Waals surface area contributed by atoms with Gasteiger partial charge in [0.05, 0.1) is 10.9 Å². The van der Waals surface area contributed by atoms with E-state index in [0.717, 1.165) is 15.6 Å². The van der Waals surface area contributed by atoms with E-state index in [9.17, 15) is 13.2 Å². The third-order valence-electron chi connectivity index (χ3n) is 4.65. The minimum atomic E-state index is -3.45. The summed E-state index contributed by atoms with van der Waals surface area (Å²) < 4.78 is 27.4. The van der Waals surface area contributed by atoms with Crippen molar-refractivity contribution in [2.24, 2.45) is 0 Å². The first-order valence-corrected chi connectivity index (χ1v) is 11.6. The van der Waals surface area contributed by atoms with Gasteiger partial charge in [-0.2, -0.15) is 4.31 Å². The maximum atomic E-state index is 12.5. The van der Waals surface area contributed by atoms with Crippen molar-refractivity contribution >= 4 is 31.9 Å². The molecule has 0 heterocycles. The quantitative estimate of drug-likeness (QED) is 0.599. The van der Waals surface area contributed by atoms with E-state index in [1.807, 2.05) is 45.0 Å². The summed E-state index contributed by atoms with van der Waals surface area (Å²) >= 11 is 3.40. The maximum Gasteiger partial charge on any atom is 0.243 e. The number of carbonyl (C=O) groups is 1. The Morgan fingerprint density at radius 3 is 2.14 bits per heavy atom. The third kappa shape index (κ3) is 5.90. The Bertz CT molecular complexity index is 877. The molecular formula is C21H27BrN2O3S. The van der Waals surface area contributed by atoms with Gasteiger partial charge < -0.3 is 5.32 Å². The van der Waals surface area contributed by atoms with Gasteiger partial charge in [-0.25, -0.2) is 8.42 Å². The first-order valence-electron chi connectivity index (χ1n) is 9.41. The van der Waals surface area contributed by atoms with Crippen molar-refractivity contribution in [3.63, 3.8) is 0 Å². The number of carbonyl (C=O) groups excluding carboxylic acids is 1. The molecule has 0 aliphatic carbocycles. The highest BCUT2D eigenvalue weighted by Crippen LogP contribution is 2.18. The number of benzene rings is 2. The van der Waals surface area contributed by atoms with E-state index in [4.69, 9.17) is 0 Å². The summed E-state index contributed by atoms with van der Waals surface area (Å²) in [5.41, 5.74) is 1.98. The zero-order valence-corrected chi connectivity index (χ0v) is 18.9. The number of sulfonamides is 1. The Labute approximate surface area is 176 Å². The van der Waals surface area contributed by atoms with Crippen LogP contribution in [0.5, 0.6) is 0 Å². The third-order valence-corrected chi connectivity index (χ3v) is 7.25. The number of rotatable bonds is 9. The Balaban J connectivity index is 1.92. The Morgan fingerprint density at radius 1 is 1.04 bits per heavy atom. The molecule has 7 heteroatoms. The standard InChI is InChI=1S/C21H27BrN2O3S/c1-4-24(5-2)28(26,27)20-13-6-17(7-14-20)8-15-21(25)23-16(3)18-9-11-19(22)12-10-18/h6-7,9-14,16H,4-5,8,15H2,1-3H3,(H,23,25)/t16-/m0/s1. The zero-order valence-electron chi connectivity index (χ0n) is 16.5. The number of nitrogens with zero attached hydrogens (tertiary/aromatic N) is 1. The lowest BCUT2D eigenvalue weighted by molar-refractivity contribution is -0.121. The van der Waals surface area contributed by atoms with Crippen molar-refractivity contribution in [3.8, 4) is 0 Å². The fraction of sp³-hybridized carbons (Fsp3) is 0.381. The highest BCUT2D eigenvalue weighted by Gasteiger charge is 2.21. The molecule has 0 aliphatic heterocycles. The van der Waals surface area contributed by atoms with Crippen molar-refractivity contribution in [2.75, 3.05) is 13.1 Å². The van der Waals surface area contributed by atoms with Crippen molar-refractivity contribution < 1.29 is 13.2 Å². The number of amides is 1. The molecule has 2 aromatic carbocycles. The second kappa shape index (κ2) is 10.2. The first kappa shape index (κ1) is 22.6. The molecule has 0 saturated heterocycles. The van der Waals surface area contributed by atoms with Crippen LogP contribution in [0.2, 0.25) is 0 Å². The number of halogens is 1. The number of aryl methyl sites for hydroxylation is 1. The summed E-state index contributed by atoms with van der Waals surface area (Å²) in [6, 6.07) is 14.6. The predicted octanol–water partition coefficient (Wildman–Crippen LogP) is 4.29. The van der Waals surface area contributed by atoms with Gasteiger partial charge in [-0.3, -0.25) is 4.79 Å². The van der Waals surface area contributed by atoms with Crippen LogP contribution in [-0.2, 0) is 21.2 Å². The average Bonchev–Trinajstić information content (AvgIpc) is 2.68. The highest BCUT2D eigenvalue weighted by atomic mass is 79.9. The van der Waals surface area contributed by atoms with Crippen LogP contribution in [0.15, 0.2) is 57.9 Å². The molecule has 0 radical (unpaired) electrons. The highest BCUT2D eigenvalue weighted by molar-refractivity contribution is 9.10. The fourth-order valence-electron chi connectivity index (χ4n) is 2.95. The monoisotopic (exact) mass is 466 g/mol. The molecule has 152 valence electrons. The average molecular weight is 467 g/mol. The lowest BCUT2D eigenvalue weighted by Crippen LogP contribution is -2.30. The van der Waals surface area contributed by atoms with E-state index < -0.39 is 10.0 Å². The zero-order chi connectivity index (χ0) is 20.7. The summed E-state index contributed by atoms with van der Waals surface area (Å²) in [4.78, 5) is 12.5. The molecule has 28 heavy (non-hydrogen) atoms. The van der Waals surface area contributed by atoms with Crippen LogP contribution >= 0.6 is 15.9 Å². The number of hydrogen-bond acceptors (Lipinski definition) is 3. The van der Waals surface area contributed by atoms with E-state index in [1.165, 1.54) is 4.31 Å². The van der Waals surface area contributed by atoms with Crippen LogP contribution < -0.4 is 5.32 Å². The molecule has 2 rings (SSSR count). The van der Waals surface area contributed by atoms with Gasteiger partial charge in [-0.05, 0) is 48.7 Å². The van der Waals surface area contributed by atoms with Gasteiger partial charge in [-0.15, -0.1) is 0 Å². The van der Waals surface area contributed by atoms with Crippen LogP contribution in [0.4, 0.5) is 0 Å². The largest absolute Gasteiger partial charge is 0.350 e. The summed E-state index contributed by atoms with van der Waals surface area (Å²) in [5.74, 6) is -0.0322. The minimum absolute atomic E-state index is 0.0322. The Kier molecular flexibility index (Phi) is 8.22. The van der Waals surface area contributed by atoms with Crippen molar-refractivity contribution in [3.05, 3.63) is 64.1 Å². The molecule has 5 nitrogen and oxygen atoms in total. The second-order valence-corrected chi connectivity index (χ2v) is 9.43. The van der Waals surface area contributed by atoms with E-state index in [0.29, 0.717) is 25.9 Å². The molecule has 0 unspecified atom stereocenters. The summed E-state index contributed by atoms with van der Waals surface area (Å²) in [6.45, 7) is 6.48. The molecule has 2 aromatic rings. The van der Waals surface area contributed by atoms with E-state index in [1.54, 1.807) is 24.3 Å². The van der Waals surface area contributed by atoms with Gasteiger partial charge in [0.2, 0.25) is 15.9 Å². The molecule has 1 N–H and O–H groups in total. The van der Waals surface area contributed by atoms with Crippen molar-refractivity contribution in [1.82, 2.24) is 9.62 Å². The van der Waals surface area contributed by atoms with Crippen LogP contribution in [-0.4, -0.2) is 31.7 Å². The van der Waals surface area contributed by atoms with E-state index in [2.05, 4.69) is 21.2 Å². The minimum Gasteiger partial charge on any atom is -0.350 e. The maximum absolute atomic E-state index is 12.5. The topological polar surface area (TPSA) is 66.5 Å². The molecule has 0 aliphatic rings. The molecule has 1 amide bonds. The van der Waals surface area contributed by atoms with E-state index >= 15 is 0 Å². The summed E-state index contributed by atoms with van der Waals surface area (Å²) in [7, 11) is -3.45. The first-order chi connectivity index (χ1) is 13.3. The van der Waals surface area contributed by atoms with Gasteiger partial charge in [0.15, 0.2) is 0 Å². The van der Waals surface area contributed by atoms with Crippen LogP contribution in [0.1, 0.15) is 44.4 Å². The van der Waals surface area contributed by atoms with Crippen LogP contribution in [0.25, 0.3) is 0 Å². The van der Waals surface area contributed by atoms with E-state index in [-0.39, 0.29) is 16.8 Å². The molecule has 0 bridgehead atoms. The molecule has 0 saturated carbocycles. The summed E-state index contributed by atoms with van der Waals surface area (Å²) in [6.07, 6.45) is 0.910. The van der Waals surface area contributed by atoms with Gasteiger partial charge in [0, 0.05) is 24.0 Å². The van der Waals surface area contributed by atoms with Gasteiger partial charge in [0.1, 0.15) is 0 Å². The normalized spacial score (nSPS) is 12.8. The fourth-order valence-corrected chi connectivity index (χ4v) is 4.67. The molecule has 0 spiro atoms. The lowest BCUT2D eigenvalue weighted by Gasteiger charge is -2.18. The smallest absolute Gasteiger partial charge is 0.243 e. The lowest BCUT2D eigenvalue weighted by atomic mass is 10.1. The number of hydrogen-bond donors (Lipinski definition) is 1. The summed E-state index contributed by atoms with van der Waals surface area (Å²) in [5, 5.41) is 2.99. The van der Waals surface area contributed by atoms with Gasteiger partial charge in [0.25, 0.3) is 0 Å². The predicted molar refractivity (Wildman–Crippen MR) is 116 cm³/mol. The van der Waals surface area contributed by atoms with Gasteiger partial charge in [-0.1, -0.05) is 54.0 Å². The molecule has 0 aromatic heterocycles. The Hall–Kier alpha value is -1.70. The molecular weight excluding hydrogens is 440 g/mol. The second-order valence-electron chi connectivity index (χ2n) is 6.57. The number of nitrogens with one attached hydrogen (secondary N) is 1. The van der Waals surface area contributed by atoms with Crippen molar-refractivity contribution in [2.45, 2.75) is 44.6 Å². The van der Waals surface area contributed by atoms with Crippen LogP contribution in [0.3, 0.4) is 0 Å². The van der Waals surface area contributed by atoms with Crippen molar-refractivity contribution in [1.29, 1.82) is 0 Å². The molecule has 0 fully saturated rings. The van der Waals surface area contributed by atoms with Crippen LogP contribution in [0, 0.1) is 0 Å². The molecule has 1 atom stereocenters. The SMILES string of the molecule is CCN(CC)S(=O)(=O)c1ccc(CCC(=O)N[C@@H](C)c2ccc(Br)cc2)cc1.